The van der Waals surface area contributed by atoms with E-state index in [4.69, 9.17) is 4.74 Å². The molecule has 1 N–H and O–H groups in total. The summed E-state index contributed by atoms with van der Waals surface area (Å²) in [6.07, 6.45) is 7.10. The van der Waals surface area contributed by atoms with Gasteiger partial charge in [0.25, 0.3) is 0 Å². The lowest BCUT2D eigenvalue weighted by Gasteiger charge is -2.38. The van der Waals surface area contributed by atoms with E-state index in [-0.39, 0.29) is 0 Å². The summed E-state index contributed by atoms with van der Waals surface area (Å²) in [4.78, 5) is 6.50. The molecule has 0 amide bonds. The van der Waals surface area contributed by atoms with Crippen LogP contribution in [0.25, 0.3) is 0 Å². The van der Waals surface area contributed by atoms with E-state index in [2.05, 4.69) is 41.3 Å². The summed E-state index contributed by atoms with van der Waals surface area (Å²) in [5, 5.41) is 3.67. The first-order valence-electron chi connectivity index (χ1n) is 7.71. The fourth-order valence-electron chi connectivity index (χ4n) is 2.75. The summed E-state index contributed by atoms with van der Waals surface area (Å²) in [6.45, 7) is 6.10. The molecule has 4 nitrogen and oxygen atoms in total. The van der Waals surface area contributed by atoms with Crippen molar-refractivity contribution < 1.29 is 4.74 Å². The quantitative estimate of drug-likeness (QED) is 0.823. The Morgan fingerprint density at radius 1 is 1.40 bits per heavy atom. The maximum atomic E-state index is 5.67. The monoisotopic (exact) mass is 277 g/mol. The van der Waals surface area contributed by atoms with Crippen LogP contribution in [0.15, 0.2) is 24.5 Å². The predicted molar refractivity (Wildman–Crippen MR) is 81.9 cm³/mol. The number of hydrogen-bond donors (Lipinski definition) is 1. The molecule has 2 heterocycles. The number of likely N-dealkylation sites (N-methyl/N-ethyl adjacent to an activating group) is 1. The number of aromatic nitrogens is 1. The molecule has 0 spiro atoms. The highest BCUT2D eigenvalue weighted by Gasteiger charge is 2.28. The highest BCUT2D eigenvalue weighted by atomic mass is 16.5. The third kappa shape index (κ3) is 4.54. The van der Waals surface area contributed by atoms with Crippen LogP contribution in [0.4, 0.5) is 0 Å². The van der Waals surface area contributed by atoms with Gasteiger partial charge in [-0.05, 0) is 50.6 Å². The van der Waals surface area contributed by atoms with Crippen molar-refractivity contribution in [3.63, 3.8) is 0 Å². The summed E-state index contributed by atoms with van der Waals surface area (Å²) >= 11 is 0. The zero-order chi connectivity index (χ0) is 14.2. The second kappa shape index (κ2) is 8.35. The Hall–Kier alpha value is -0.970. The van der Waals surface area contributed by atoms with E-state index in [0.717, 1.165) is 39.1 Å². The first-order valence-corrected chi connectivity index (χ1v) is 7.71. The first kappa shape index (κ1) is 15.4. The van der Waals surface area contributed by atoms with Crippen LogP contribution in [-0.2, 0) is 11.2 Å². The zero-order valence-corrected chi connectivity index (χ0v) is 12.7. The standard InChI is InChI=1S/C16H27N3O/c1-3-8-18-15-7-12-20-13-16(15)19(2)11-6-14-4-9-17-10-5-14/h4-5,9-10,15-16,18H,3,6-8,11-13H2,1-2H3. The van der Waals surface area contributed by atoms with Crippen molar-refractivity contribution in [1.82, 2.24) is 15.2 Å². The number of ether oxygens (including phenoxy) is 1. The van der Waals surface area contributed by atoms with Crippen molar-refractivity contribution in [2.45, 2.75) is 38.3 Å². The van der Waals surface area contributed by atoms with Crippen molar-refractivity contribution in [1.29, 1.82) is 0 Å². The third-order valence-electron chi connectivity index (χ3n) is 4.05. The SMILES string of the molecule is CCCNC1CCOCC1N(C)CCc1ccncc1. The number of nitrogens with one attached hydrogen (secondary N) is 1. The Labute approximate surface area is 122 Å². The highest BCUT2D eigenvalue weighted by Crippen LogP contribution is 2.14. The van der Waals surface area contributed by atoms with E-state index in [1.165, 1.54) is 12.0 Å². The Morgan fingerprint density at radius 3 is 2.95 bits per heavy atom. The van der Waals surface area contributed by atoms with Crippen molar-refractivity contribution in [3.8, 4) is 0 Å². The Balaban J connectivity index is 1.84. The summed E-state index contributed by atoms with van der Waals surface area (Å²) in [6, 6.07) is 5.24. The highest BCUT2D eigenvalue weighted by molar-refractivity contribution is 5.10. The van der Waals surface area contributed by atoms with Crippen molar-refractivity contribution in [3.05, 3.63) is 30.1 Å². The molecule has 0 aromatic carbocycles. The van der Waals surface area contributed by atoms with Gasteiger partial charge in [0.2, 0.25) is 0 Å². The lowest BCUT2D eigenvalue weighted by molar-refractivity contribution is 0.00651. The van der Waals surface area contributed by atoms with E-state index in [0.29, 0.717) is 12.1 Å². The van der Waals surface area contributed by atoms with E-state index in [1.54, 1.807) is 0 Å². The summed E-state index contributed by atoms with van der Waals surface area (Å²) in [5.74, 6) is 0. The fraction of sp³-hybridized carbons (Fsp3) is 0.688. The molecular formula is C16H27N3O. The van der Waals surface area contributed by atoms with Gasteiger partial charge in [-0.25, -0.2) is 0 Å². The molecule has 1 saturated heterocycles. The molecule has 1 aliphatic rings. The average molecular weight is 277 g/mol. The van der Waals surface area contributed by atoms with Gasteiger partial charge in [-0.2, -0.15) is 0 Å². The molecular weight excluding hydrogens is 250 g/mol. The molecule has 2 atom stereocenters. The van der Waals surface area contributed by atoms with Gasteiger partial charge < -0.3 is 10.1 Å². The Morgan fingerprint density at radius 2 is 2.20 bits per heavy atom. The van der Waals surface area contributed by atoms with Crippen molar-refractivity contribution in [2.24, 2.45) is 0 Å². The third-order valence-corrected chi connectivity index (χ3v) is 4.05. The minimum absolute atomic E-state index is 0.483. The number of rotatable bonds is 7. The molecule has 2 rings (SSSR count). The molecule has 0 radical (unpaired) electrons. The molecule has 0 saturated carbocycles. The summed E-state index contributed by atoms with van der Waals surface area (Å²) < 4.78 is 5.67. The van der Waals surface area contributed by atoms with Gasteiger partial charge in [0.1, 0.15) is 0 Å². The maximum absolute atomic E-state index is 5.67. The van der Waals surface area contributed by atoms with Crippen LogP contribution in [0.3, 0.4) is 0 Å². The maximum Gasteiger partial charge on any atom is 0.0636 e. The van der Waals surface area contributed by atoms with E-state index in [9.17, 15) is 0 Å². The smallest absolute Gasteiger partial charge is 0.0636 e. The van der Waals surface area contributed by atoms with Gasteiger partial charge in [0.15, 0.2) is 0 Å². The summed E-state index contributed by atoms with van der Waals surface area (Å²) in [7, 11) is 2.21. The fourth-order valence-corrected chi connectivity index (χ4v) is 2.75. The number of hydrogen-bond acceptors (Lipinski definition) is 4. The van der Waals surface area contributed by atoms with Gasteiger partial charge in [-0.15, -0.1) is 0 Å². The van der Waals surface area contributed by atoms with Gasteiger partial charge in [0.05, 0.1) is 6.61 Å². The van der Waals surface area contributed by atoms with Crippen LogP contribution in [-0.4, -0.2) is 55.3 Å². The molecule has 0 aliphatic carbocycles. The predicted octanol–water partition coefficient (Wildman–Crippen LogP) is 1.71. The molecule has 112 valence electrons. The largest absolute Gasteiger partial charge is 0.380 e. The first-order chi connectivity index (χ1) is 9.81. The topological polar surface area (TPSA) is 37.4 Å². The van der Waals surface area contributed by atoms with E-state index < -0.39 is 0 Å². The molecule has 1 aromatic rings. The number of nitrogens with zero attached hydrogens (tertiary/aromatic N) is 2. The summed E-state index contributed by atoms with van der Waals surface area (Å²) in [5.41, 5.74) is 1.35. The second-order valence-electron chi connectivity index (χ2n) is 5.58. The average Bonchev–Trinajstić information content (AvgIpc) is 2.52. The van der Waals surface area contributed by atoms with E-state index >= 15 is 0 Å². The minimum Gasteiger partial charge on any atom is -0.380 e. The van der Waals surface area contributed by atoms with Crippen LogP contribution in [0.5, 0.6) is 0 Å². The lowest BCUT2D eigenvalue weighted by atomic mass is 10.0. The second-order valence-corrected chi connectivity index (χ2v) is 5.58. The Kier molecular flexibility index (Phi) is 6.43. The van der Waals surface area contributed by atoms with Crippen LogP contribution in [0.1, 0.15) is 25.3 Å². The van der Waals surface area contributed by atoms with Gasteiger partial charge in [-0.1, -0.05) is 6.92 Å². The van der Waals surface area contributed by atoms with Crippen LogP contribution in [0, 0.1) is 0 Å². The van der Waals surface area contributed by atoms with Crippen LogP contribution in [0.2, 0.25) is 0 Å². The van der Waals surface area contributed by atoms with E-state index in [1.807, 2.05) is 12.4 Å². The lowest BCUT2D eigenvalue weighted by Crippen LogP contribution is -2.54. The Bertz CT molecular complexity index is 371. The van der Waals surface area contributed by atoms with Gasteiger partial charge in [0, 0.05) is 37.6 Å². The van der Waals surface area contributed by atoms with Crippen molar-refractivity contribution >= 4 is 0 Å². The molecule has 1 fully saturated rings. The number of pyridine rings is 1. The van der Waals surface area contributed by atoms with Gasteiger partial charge in [-0.3, -0.25) is 9.88 Å². The minimum atomic E-state index is 0.483. The van der Waals surface area contributed by atoms with Crippen LogP contribution >= 0.6 is 0 Å². The molecule has 20 heavy (non-hydrogen) atoms. The molecule has 0 bridgehead atoms. The van der Waals surface area contributed by atoms with Crippen LogP contribution < -0.4 is 5.32 Å². The zero-order valence-electron chi connectivity index (χ0n) is 12.7. The van der Waals surface area contributed by atoms with Gasteiger partial charge >= 0.3 is 0 Å². The normalized spacial score (nSPS) is 23.1. The molecule has 2 unspecified atom stereocenters. The van der Waals surface area contributed by atoms with Crippen molar-refractivity contribution in [2.75, 3.05) is 33.4 Å². The molecule has 1 aliphatic heterocycles. The molecule has 1 aromatic heterocycles. The molecule has 4 heteroatoms.